The molecule has 1 aromatic carbocycles. The molecule has 25 heavy (non-hydrogen) atoms. The van der Waals surface area contributed by atoms with Gasteiger partial charge in [0.05, 0.1) is 5.75 Å². The highest BCUT2D eigenvalue weighted by Crippen LogP contribution is 2.49. The fourth-order valence-corrected chi connectivity index (χ4v) is 3.66. The van der Waals surface area contributed by atoms with Gasteiger partial charge in [0.15, 0.2) is 0 Å². The summed E-state index contributed by atoms with van der Waals surface area (Å²) in [5, 5.41) is 0.837. The fraction of sp³-hybridized carbons (Fsp3) is 0.684. The summed E-state index contributed by atoms with van der Waals surface area (Å²) in [7, 11) is 0.788. The Bertz CT molecular complexity index is 623. The van der Waals surface area contributed by atoms with E-state index in [1.54, 1.807) is 0 Å². The van der Waals surface area contributed by atoms with Gasteiger partial charge < -0.3 is 4.90 Å². The molecule has 0 heterocycles. The van der Waals surface area contributed by atoms with Gasteiger partial charge in [0.1, 0.15) is 0 Å². The lowest BCUT2D eigenvalue weighted by molar-refractivity contribution is 0.0808. The number of halogens is 1. The lowest BCUT2D eigenvalue weighted by atomic mass is 9.58. The zero-order chi connectivity index (χ0) is 19.3. The number of rotatable bonds is 6. The molecule has 1 saturated carbocycles. The van der Waals surface area contributed by atoms with Crippen LogP contribution in [0.1, 0.15) is 52.0 Å². The summed E-state index contributed by atoms with van der Waals surface area (Å²) in [6.45, 7) is 6.02. The monoisotopic (exact) mass is 389 g/mol. The van der Waals surface area contributed by atoms with E-state index in [-0.39, 0.29) is 5.75 Å². The van der Waals surface area contributed by atoms with Gasteiger partial charge in [-0.25, -0.2) is 0 Å². The van der Waals surface area contributed by atoms with Crippen LogP contribution in [0.2, 0.25) is 5.02 Å². The highest BCUT2D eigenvalue weighted by Gasteiger charge is 2.46. The van der Waals surface area contributed by atoms with E-state index in [4.69, 9.17) is 16.2 Å². The average Bonchev–Trinajstić information content (AvgIpc) is 2.46. The molecule has 0 radical (unpaired) electrons. The Labute approximate surface area is 158 Å². The largest absolute Gasteiger partial charge is 0.306 e. The van der Waals surface area contributed by atoms with E-state index in [1.807, 2.05) is 12.1 Å². The molecule has 1 N–H and O–H groups in total. The maximum atomic E-state index is 9.56. The Kier molecular flexibility index (Phi) is 8.39. The summed E-state index contributed by atoms with van der Waals surface area (Å²) < 4.78 is 26.9. The van der Waals surface area contributed by atoms with Gasteiger partial charge in [-0.2, -0.15) is 8.42 Å². The standard InChI is InChI=1S/C17H26ClN.C2H6O3S/c1-13(2)12-16(19(3)4)17(10-5-11-17)14-6-8-15(18)9-7-14;1-2-6(3,4)5/h6-9,13,16H,5,10-12H2,1-4H3;2H2,1H3,(H,3,4,5). The Hall–Kier alpha value is -0.620. The van der Waals surface area contributed by atoms with Gasteiger partial charge in [0.25, 0.3) is 10.1 Å². The molecule has 1 aliphatic rings. The van der Waals surface area contributed by atoms with Gasteiger partial charge in [-0.05, 0) is 63.9 Å². The summed E-state index contributed by atoms with van der Waals surface area (Å²) in [6, 6.07) is 9.18. The minimum atomic E-state index is -3.66. The highest BCUT2D eigenvalue weighted by atomic mass is 35.5. The van der Waals surface area contributed by atoms with Crippen LogP contribution < -0.4 is 0 Å². The first-order chi connectivity index (χ1) is 11.5. The molecule has 1 aromatic rings. The lowest BCUT2D eigenvalue weighted by Crippen LogP contribution is -2.52. The van der Waals surface area contributed by atoms with Crippen molar-refractivity contribution in [2.75, 3.05) is 19.8 Å². The number of benzene rings is 1. The van der Waals surface area contributed by atoms with Crippen molar-refractivity contribution in [1.82, 2.24) is 4.90 Å². The van der Waals surface area contributed by atoms with E-state index in [1.165, 1.54) is 38.2 Å². The maximum absolute atomic E-state index is 9.56. The normalized spacial score (nSPS) is 17.6. The highest BCUT2D eigenvalue weighted by molar-refractivity contribution is 7.85. The Morgan fingerprint density at radius 1 is 1.20 bits per heavy atom. The van der Waals surface area contributed by atoms with Crippen LogP contribution in [-0.4, -0.2) is 43.8 Å². The summed E-state index contributed by atoms with van der Waals surface area (Å²) in [5.41, 5.74) is 1.82. The van der Waals surface area contributed by atoms with Crippen LogP contribution in [0.5, 0.6) is 0 Å². The maximum Gasteiger partial charge on any atom is 0.264 e. The molecule has 0 aliphatic heterocycles. The van der Waals surface area contributed by atoms with Gasteiger partial charge >= 0.3 is 0 Å². The number of likely N-dealkylation sites (N-methyl/N-ethyl adjacent to an activating group) is 1. The van der Waals surface area contributed by atoms with E-state index >= 15 is 0 Å². The number of nitrogens with zero attached hydrogens (tertiary/aromatic N) is 1. The molecule has 0 aromatic heterocycles. The second-order valence-electron chi connectivity index (χ2n) is 7.50. The summed E-state index contributed by atoms with van der Waals surface area (Å²) in [5.74, 6) is 0.532. The minimum Gasteiger partial charge on any atom is -0.306 e. The Balaban J connectivity index is 0.000000450. The molecule has 0 amide bonds. The fourth-order valence-electron chi connectivity index (χ4n) is 3.53. The first-order valence-electron chi connectivity index (χ1n) is 8.89. The van der Waals surface area contributed by atoms with Crippen molar-refractivity contribution < 1.29 is 13.0 Å². The first kappa shape index (κ1) is 22.4. The SMILES string of the molecule is CC(C)CC(N(C)C)C1(c2ccc(Cl)cc2)CCC1.CCS(=O)(=O)O. The molecule has 1 atom stereocenters. The molecule has 0 spiro atoms. The quantitative estimate of drug-likeness (QED) is 0.720. The molecule has 1 unspecified atom stereocenters. The number of hydrogen-bond acceptors (Lipinski definition) is 3. The predicted molar refractivity (Wildman–Crippen MR) is 106 cm³/mol. The molecule has 6 heteroatoms. The Morgan fingerprint density at radius 2 is 1.68 bits per heavy atom. The van der Waals surface area contributed by atoms with E-state index in [0.29, 0.717) is 11.5 Å². The van der Waals surface area contributed by atoms with E-state index < -0.39 is 10.1 Å². The molecule has 0 saturated heterocycles. The molecular weight excluding hydrogens is 358 g/mol. The summed E-state index contributed by atoms with van der Waals surface area (Å²) >= 11 is 6.04. The lowest BCUT2D eigenvalue weighted by Gasteiger charge is -2.51. The first-order valence-corrected chi connectivity index (χ1v) is 10.9. The van der Waals surface area contributed by atoms with Crippen molar-refractivity contribution in [2.24, 2.45) is 5.92 Å². The third kappa shape index (κ3) is 6.55. The topological polar surface area (TPSA) is 57.6 Å². The zero-order valence-electron chi connectivity index (χ0n) is 16.0. The summed E-state index contributed by atoms with van der Waals surface area (Å²) in [6.07, 6.45) is 5.23. The average molecular weight is 390 g/mol. The van der Waals surface area contributed by atoms with Crippen LogP contribution in [0.4, 0.5) is 0 Å². The van der Waals surface area contributed by atoms with Crippen LogP contribution in [-0.2, 0) is 15.5 Å². The molecule has 144 valence electrons. The van der Waals surface area contributed by atoms with Gasteiger partial charge in [0, 0.05) is 16.5 Å². The smallest absolute Gasteiger partial charge is 0.264 e. The molecular formula is C19H32ClNO3S. The molecule has 0 bridgehead atoms. The van der Waals surface area contributed by atoms with E-state index in [9.17, 15) is 8.42 Å². The van der Waals surface area contributed by atoms with Crippen LogP contribution in [0.25, 0.3) is 0 Å². The van der Waals surface area contributed by atoms with Crippen molar-refractivity contribution in [3.05, 3.63) is 34.9 Å². The van der Waals surface area contributed by atoms with Gasteiger partial charge in [0.2, 0.25) is 0 Å². The van der Waals surface area contributed by atoms with Crippen LogP contribution in [0.15, 0.2) is 24.3 Å². The second-order valence-corrected chi connectivity index (χ2v) is 9.67. The molecule has 1 aliphatic carbocycles. The third-order valence-corrected chi connectivity index (χ3v) is 5.97. The van der Waals surface area contributed by atoms with Crippen molar-refractivity contribution in [2.45, 2.75) is 57.9 Å². The third-order valence-electron chi connectivity index (χ3n) is 4.99. The zero-order valence-corrected chi connectivity index (χ0v) is 17.6. The predicted octanol–water partition coefficient (Wildman–Crippen LogP) is 4.63. The van der Waals surface area contributed by atoms with Crippen LogP contribution in [0.3, 0.4) is 0 Å². The van der Waals surface area contributed by atoms with Gasteiger partial charge in [-0.15, -0.1) is 0 Å². The van der Waals surface area contributed by atoms with Gasteiger partial charge in [-0.1, -0.05) is 44.0 Å². The van der Waals surface area contributed by atoms with Gasteiger partial charge in [-0.3, -0.25) is 4.55 Å². The minimum absolute atomic E-state index is 0.201. The van der Waals surface area contributed by atoms with Crippen molar-refractivity contribution in [1.29, 1.82) is 0 Å². The van der Waals surface area contributed by atoms with E-state index in [2.05, 4.69) is 45.0 Å². The molecule has 4 nitrogen and oxygen atoms in total. The van der Waals surface area contributed by atoms with Crippen molar-refractivity contribution >= 4 is 21.7 Å². The molecule has 1 fully saturated rings. The van der Waals surface area contributed by atoms with Crippen LogP contribution in [0, 0.1) is 5.92 Å². The van der Waals surface area contributed by atoms with E-state index in [0.717, 1.165) is 10.9 Å². The number of hydrogen-bond donors (Lipinski definition) is 1. The molecule has 2 rings (SSSR count). The van der Waals surface area contributed by atoms with Crippen molar-refractivity contribution in [3.8, 4) is 0 Å². The summed E-state index contributed by atoms with van der Waals surface area (Å²) in [4.78, 5) is 2.42. The second kappa shape index (κ2) is 9.36. The van der Waals surface area contributed by atoms with Crippen molar-refractivity contribution in [3.63, 3.8) is 0 Å². The van der Waals surface area contributed by atoms with Crippen LogP contribution >= 0.6 is 11.6 Å². The Morgan fingerprint density at radius 3 is 1.96 bits per heavy atom.